The third-order valence-corrected chi connectivity index (χ3v) is 8.58. The Bertz CT molecular complexity index is 1410. The van der Waals surface area contributed by atoms with Crippen molar-refractivity contribution in [1.29, 1.82) is 0 Å². The molecular formula is C30H36ClN3O5S. The van der Waals surface area contributed by atoms with E-state index < -0.39 is 28.5 Å². The summed E-state index contributed by atoms with van der Waals surface area (Å²) in [4.78, 5) is 28.7. The van der Waals surface area contributed by atoms with Gasteiger partial charge in [-0.15, -0.1) is 0 Å². The number of methoxy groups -OCH3 is 1. The van der Waals surface area contributed by atoms with Crippen LogP contribution in [0.1, 0.15) is 38.3 Å². The zero-order chi connectivity index (χ0) is 29.4. The Kier molecular flexibility index (Phi) is 10.6. The number of ether oxygens (including phenoxy) is 1. The Labute approximate surface area is 241 Å². The number of amides is 2. The van der Waals surface area contributed by atoms with E-state index in [0.29, 0.717) is 17.2 Å². The lowest BCUT2D eigenvalue weighted by Crippen LogP contribution is -2.53. The van der Waals surface area contributed by atoms with E-state index in [2.05, 4.69) is 5.32 Å². The molecule has 0 fully saturated rings. The van der Waals surface area contributed by atoms with Crippen LogP contribution in [-0.2, 0) is 26.2 Å². The number of nitrogens with one attached hydrogen (secondary N) is 1. The molecule has 0 saturated carbocycles. The summed E-state index contributed by atoms with van der Waals surface area (Å²) in [6.07, 6.45) is 0.336. The summed E-state index contributed by atoms with van der Waals surface area (Å²) < 4.78 is 34.0. The Morgan fingerprint density at radius 1 is 1.00 bits per heavy atom. The molecule has 2 amide bonds. The van der Waals surface area contributed by atoms with E-state index in [1.807, 2.05) is 39.8 Å². The van der Waals surface area contributed by atoms with Crippen molar-refractivity contribution in [3.8, 4) is 5.75 Å². The quantitative estimate of drug-likeness (QED) is 0.316. The van der Waals surface area contributed by atoms with Gasteiger partial charge in [-0.05, 0) is 74.7 Å². The van der Waals surface area contributed by atoms with Gasteiger partial charge in [-0.3, -0.25) is 13.9 Å². The van der Waals surface area contributed by atoms with Crippen molar-refractivity contribution in [2.24, 2.45) is 0 Å². The molecule has 0 bridgehead atoms. The van der Waals surface area contributed by atoms with Gasteiger partial charge in [0.25, 0.3) is 10.0 Å². The second-order valence-electron chi connectivity index (χ2n) is 9.72. The van der Waals surface area contributed by atoms with Gasteiger partial charge in [0.1, 0.15) is 18.3 Å². The number of halogens is 1. The third-order valence-electron chi connectivity index (χ3n) is 6.38. The summed E-state index contributed by atoms with van der Waals surface area (Å²) in [5.74, 6) is -0.185. The summed E-state index contributed by atoms with van der Waals surface area (Å²) in [5.41, 5.74) is 1.78. The maximum atomic E-state index is 14.1. The van der Waals surface area contributed by atoms with Crippen molar-refractivity contribution < 1.29 is 22.7 Å². The van der Waals surface area contributed by atoms with Crippen molar-refractivity contribution >= 4 is 39.1 Å². The summed E-state index contributed by atoms with van der Waals surface area (Å²) >= 11 is 6.37. The number of hydrogen-bond acceptors (Lipinski definition) is 5. The Hall–Kier alpha value is -3.56. The molecule has 0 aromatic heterocycles. The van der Waals surface area contributed by atoms with Crippen molar-refractivity contribution in [3.05, 3.63) is 88.9 Å². The van der Waals surface area contributed by atoms with E-state index in [4.69, 9.17) is 16.3 Å². The van der Waals surface area contributed by atoms with Crippen LogP contribution in [0.15, 0.2) is 77.7 Å². The Morgan fingerprint density at radius 2 is 1.65 bits per heavy atom. The van der Waals surface area contributed by atoms with Crippen LogP contribution in [-0.4, -0.2) is 50.9 Å². The number of carbonyl (C=O) groups excluding carboxylic acids is 2. The molecule has 0 aliphatic rings. The van der Waals surface area contributed by atoms with E-state index >= 15 is 0 Å². The van der Waals surface area contributed by atoms with Crippen molar-refractivity contribution in [2.45, 2.75) is 57.6 Å². The molecule has 0 radical (unpaired) electrons. The third kappa shape index (κ3) is 7.55. The van der Waals surface area contributed by atoms with Gasteiger partial charge in [0, 0.05) is 17.6 Å². The fourth-order valence-electron chi connectivity index (χ4n) is 4.21. The van der Waals surface area contributed by atoms with Crippen LogP contribution in [0.3, 0.4) is 0 Å². The first-order chi connectivity index (χ1) is 19.0. The molecule has 1 N–H and O–H groups in total. The van der Waals surface area contributed by atoms with Gasteiger partial charge >= 0.3 is 0 Å². The lowest BCUT2D eigenvalue weighted by molar-refractivity contribution is -0.140. The number of nitrogens with zero attached hydrogens (tertiary/aromatic N) is 2. The zero-order valence-electron chi connectivity index (χ0n) is 23.4. The maximum absolute atomic E-state index is 14.1. The van der Waals surface area contributed by atoms with Crippen LogP contribution in [0.4, 0.5) is 5.69 Å². The van der Waals surface area contributed by atoms with Gasteiger partial charge < -0.3 is 15.0 Å². The average molecular weight is 586 g/mol. The monoisotopic (exact) mass is 585 g/mol. The molecule has 3 rings (SSSR count). The largest absolute Gasteiger partial charge is 0.497 e. The predicted molar refractivity (Wildman–Crippen MR) is 158 cm³/mol. The molecule has 214 valence electrons. The molecule has 0 saturated heterocycles. The molecule has 10 heteroatoms. The average Bonchev–Trinajstić information content (AvgIpc) is 2.93. The van der Waals surface area contributed by atoms with E-state index in [1.54, 1.807) is 49.6 Å². The topological polar surface area (TPSA) is 96.0 Å². The summed E-state index contributed by atoms with van der Waals surface area (Å²) in [7, 11) is -2.59. The van der Waals surface area contributed by atoms with Crippen LogP contribution in [0, 0.1) is 6.92 Å². The standard InChI is InChI=1S/C30H36ClN3O5S/c1-6-28(30(36)32-21(2)3)33(19-23-13-16-25(39-5)17-14-23)29(35)20-34(24-15-12-22(4)27(31)18-24)40(37,38)26-10-8-7-9-11-26/h7-18,21,28H,6,19-20H2,1-5H3,(H,32,36)/t28-/m1/s1. The lowest BCUT2D eigenvalue weighted by Gasteiger charge is -2.33. The van der Waals surface area contributed by atoms with E-state index in [9.17, 15) is 18.0 Å². The maximum Gasteiger partial charge on any atom is 0.264 e. The smallest absolute Gasteiger partial charge is 0.264 e. The zero-order valence-corrected chi connectivity index (χ0v) is 25.0. The van der Waals surface area contributed by atoms with Gasteiger partial charge in [-0.1, -0.05) is 54.9 Å². The molecule has 0 heterocycles. The number of carbonyl (C=O) groups is 2. The lowest BCUT2D eigenvalue weighted by atomic mass is 10.1. The van der Waals surface area contributed by atoms with Gasteiger partial charge in [-0.25, -0.2) is 8.42 Å². The highest BCUT2D eigenvalue weighted by Gasteiger charge is 2.34. The minimum absolute atomic E-state index is 0.0331. The van der Waals surface area contributed by atoms with Crippen molar-refractivity contribution in [2.75, 3.05) is 18.0 Å². The normalized spacial score (nSPS) is 12.1. The molecule has 3 aromatic rings. The van der Waals surface area contributed by atoms with Crippen LogP contribution in [0.25, 0.3) is 0 Å². The summed E-state index contributed by atoms with van der Waals surface area (Å²) in [5, 5.41) is 3.26. The Morgan fingerprint density at radius 3 is 2.20 bits per heavy atom. The fraction of sp³-hybridized carbons (Fsp3) is 0.333. The second-order valence-corrected chi connectivity index (χ2v) is 12.0. The van der Waals surface area contributed by atoms with Crippen LogP contribution in [0.5, 0.6) is 5.75 Å². The number of aryl methyl sites for hydroxylation is 1. The highest BCUT2D eigenvalue weighted by Crippen LogP contribution is 2.29. The molecule has 0 aliphatic carbocycles. The molecule has 8 nitrogen and oxygen atoms in total. The molecule has 3 aromatic carbocycles. The van der Waals surface area contributed by atoms with Gasteiger partial charge in [0.15, 0.2) is 0 Å². The van der Waals surface area contributed by atoms with Crippen molar-refractivity contribution in [1.82, 2.24) is 10.2 Å². The summed E-state index contributed by atoms with van der Waals surface area (Å²) in [6.45, 7) is 6.88. The number of anilines is 1. The molecule has 0 spiro atoms. The van der Waals surface area contributed by atoms with Gasteiger partial charge in [-0.2, -0.15) is 0 Å². The fourth-order valence-corrected chi connectivity index (χ4v) is 5.82. The Balaban J connectivity index is 2.07. The molecule has 0 aliphatic heterocycles. The minimum atomic E-state index is -4.16. The minimum Gasteiger partial charge on any atom is -0.497 e. The molecular weight excluding hydrogens is 550 g/mol. The summed E-state index contributed by atoms with van der Waals surface area (Å²) in [6, 6.07) is 19.0. The molecule has 0 unspecified atom stereocenters. The second kappa shape index (κ2) is 13.7. The van der Waals surface area contributed by atoms with Gasteiger partial charge in [0.2, 0.25) is 11.8 Å². The van der Waals surface area contributed by atoms with Crippen LogP contribution >= 0.6 is 11.6 Å². The first kappa shape index (κ1) is 31.0. The first-order valence-electron chi connectivity index (χ1n) is 13.0. The number of sulfonamides is 1. The van der Waals surface area contributed by atoms with E-state index in [1.165, 1.54) is 23.1 Å². The molecule has 1 atom stereocenters. The number of hydrogen-bond donors (Lipinski definition) is 1. The number of benzene rings is 3. The van der Waals surface area contributed by atoms with Crippen LogP contribution in [0.2, 0.25) is 5.02 Å². The van der Waals surface area contributed by atoms with Gasteiger partial charge in [0.05, 0.1) is 17.7 Å². The predicted octanol–water partition coefficient (Wildman–Crippen LogP) is 5.18. The first-order valence-corrected chi connectivity index (χ1v) is 14.9. The SMILES string of the molecule is CC[C@H](C(=O)NC(C)C)N(Cc1ccc(OC)cc1)C(=O)CN(c1ccc(C)c(Cl)c1)S(=O)(=O)c1ccccc1. The number of rotatable bonds is 12. The van der Waals surface area contributed by atoms with E-state index in [0.717, 1.165) is 15.4 Å². The highest BCUT2D eigenvalue weighted by molar-refractivity contribution is 7.92. The van der Waals surface area contributed by atoms with Crippen LogP contribution < -0.4 is 14.4 Å². The van der Waals surface area contributed by atoms with E-state index in [-0.39, 0.29) is 29.1 Å². The molecule has 40 heavy (non-hydrogen) atoms. The van der Waals surface area contributed by atoms with Crippen molar-refractivity contribution in [3.63, 3.8) is 0 Å². The highest BCUT2D eigenvalue weighted by atomic mass is 35.5.